The minimum atomic E-state index is -0.191. The summed E-state index contributed by atoms with van der Waals surface area (Å²) in [6.45, 7) is 3.31. The molecule has 0 bridgehead atoms. The third kappa shape index (κ3) is 4.22. The van der Waals surface area contributed by atoms with Crippen molar-refractivity contribution in [3.8, 4) is 0 Å². The average Bonchev–Trinajstić information content (AvgIpc) is 2.84. The normalized spacial score (nSPS) is 19.6. The van der Waals surface area contributed by atoms with E-state index in [0.29, 0.717) is 50.3 Å². The molecule has 0 unspecified atom stereocenters. The van der Waals surface area contributed by atoms with E-state index >= 15 is 0 Å². The highest BCUT2D eigenvalue weighted by molar-refractivity contribution is 6.39. The van der Waals surface area contributed by atoms with Gasteiger partial charge in [0.2, 0.25) is 5.91 Å². The molecule has 0 saturated carbocycles. The Morgan fingerprint density at radius 1 is 1.16 bits per heavy atom. The minimum Gasteiger partial charge on any atom is -0.336 e. The number of hydrogen-bond donors (Lipinski definition) is 0. The van der Waals surface area contributed by atoms with Crippen LogP contribution in [0.5, 0.6) is 0 Å². The molecule has 7 heteroatoms. The van der Waals surface area contributed by atoms with Crippen LogP contribution in [-0.4, -0.2) is 65.6 Å². The third-order valence-electron chi connectivity index (χ3n) is 4.68. The zero-order valence-corrected chi connectivity index (χ0v) is 14.4. The van der Waals surface area contributed by atoms with E-state index in [0.717, 1.165) is 13.0 Å². The summed E-state index contributed by atoms with van der Waals surface area (Å²) in [4.78, 5) is 28.1. The van der Waals surface area contributed by atoms with E-state index in [1.807, 2.05) is 6.07 Å². The Hall–Kier alpha value is -2.28. The van der Waals surface area contributed by atoms with Crippen LogP contribution in [0.15, 0.2) is 29.4 Å². The van der Waals surface area contributed by atoms with Gasteiger partial charge in [0.05, 0.1) is 0 Å². The van der Waals surface area contributed by atoms with Crippen LogP contribution in [0.1, 0.15) is 24.8 Å². The highest BCUT2D eigenvalue weighted by atomic mass is 19.1. The number of rotatable bonds is 3. The van der Waals surface area contributed by atoms with Gasteiger partial charge in [0.25, 0.3) is 5.91 Å². The number of halogens is 1. The molecule has 25 heavy (non-hydrogen) atoms. The Labute approximate surface area is 146 Å². The largest absolute Gasteiger partial charge is 0.336 e. The molecule has 1 fully saturated rings. The van der Waals surface area contributed by atoms with Gasteiger partial charge in [0, 0.05) is 58.2 Å². The van der Waals surface area contributed by atoms with Crippen molar-refractivity contribution in [2.45, 2.75) is 25.8 Å². The van der Waals surface area contributed by atoms with Crippen LogP contribution < -0.4 is 0 Å². The first-order valence-corrected chi connectivity index (χ1v) is 8.63. The Morgan fingerprint density at radius 3 is 2.72 bits per heavy atom. The summed E-state index contributed by atoms with van der Waals surface area (Å²) < 4.78 is 13.8. The summed E-state index contributed by atoms with van der Waals surface area (Å²) in [7, 11) is 1.58. The summed E-state index contributed by atoms with van der Waals surface area (Å²) in [5.41, 5.74) is 1.13. The molecule has 0 atom stereocenters. The summed E-state index contributed by atoms with van der Waals surface area (Å²) in [6.07, 6.45) is 1.56. The van der Waals surface area contributed by atoms with Gasteiger partial charge in [-0.05, 0) is 12.5 Å². The number of hydrogen-bond acceptors (Lipinski definition) is 4. The fourth-order valence-electron chi connectivity index (χ4n) is 3.21. The summed E-state index contributed by atoms with van der Waals surface area (Å²) in [5.74, 6) is -0.348. The Morgan fingerprint density at radius 2 is 1.96 bits per heavy atom. The molecule has 0 N–H and O–H groups in total. The van der Waals surface area contributed by atoms with Gasteiger partial charge in [-0.3, -0.25) is 14.5 Å². The second-order valence-corrected chi connectivity index (χ2v) is 6.48. The second kappa shape index (κ2) is 7.74. The molecule has 2 heterocycles. The van der Waals surface area contributed by atoms with Crippen molar-refractivity contribution in [3.63, 3.8) is 0 Å². The van der Waals surface area contributed by atoms with E-state index in [1.54, 1.807) is 24.1 Å². The van der Waals surface area contributed by atoms with Gasteiger partial charge < -0.3 is 4.90 Å². The van der Waals surface area contributed by atoms with Gasteiger partial charge in [-0.15, -0.1) is 0 Å². The number of hydrazone groups is 1. The number of benzene rings is 1. The number of carbonyl (C=O) groups excluding carboxylic acids is 2. The van der Waals surface area contributed by atoms with Crippen molar-refractivity contribution in [2.24, 2.45) is 5.10 Å². The van der Waals surface area contributed by atoms with Crippen LogP contribution in [0.4, 0.5) is 4.39 Å². The number of nitrogens with zero attached hydrogens (tertiary/aromatic N) is 4. The van der Waals surface area contributed by atoms with Crippen LogP contribution >= 0.6 is 0 Å². The summed E-state index contributed by atoms with van der Waals surface area (Å²) in [6, 6.07) is 6.80. The van der Waals surface area contributed by atoms with E-state index in [9.17, 15) is 14.0 Å². The van der Waals surface area contributed by atoms with E-state index < -0.39 is 0 Å². The molecule has 2 aliphatic heterocycles. The summed E-state index contributed by atoms with van der Waals surface area (Å²) in [5, 5.41) is 5.36. The molecule has 1 saturated heterocycles. The molecule has 0 aliphatic carbocycles. The molecule has 3 rings (SSSR count). The lowest BCUT2D eigenvalue weighted by Gasteiger charge is -2.25. The van der Waals surface area contributed by atoms with E-state index in [4.69, 9.17) is 0 Å². The first-order valence-electron chi connectivity index (χ1n) is 8.63. The van der Waals surface area contributed by atoms with Gasteiger partial charge in [-0.1, -0.05) is 18.2 Å². The van der Waals surface area contributed by atoms with Crippen LogP contribution in [0.25, 0.3) is 0 Å². The fourth-order valence-corrected chi connectivity index (χ4v) is 3.21. The zero-order chi connectivity index (χ0) is 17.8. The van der Waals surface area contributed by atoms with Crippen molar-refractivity contribution >= 4 is 17.5 Å². The van der Waals surface area contributed by atoms with Crippen molar-refractivity contribution < 1.29 is 14.0 Å². The van der Waals surface area contributed by atoms with Gasteiger partial charge in [0.1, 0.15) is 11.5 Å². The van der Waals surface area contributed by atoms with Gasteiger partial charge in [0.15, 0.2) is 0 Å². The Kier molecular flexibility index (Phi) is 5.43. The van der Waals surface area contributed by atoms with E-state index in [-0.39, 0.29) is 17.6 Å². The number of carbonyl (C=O) groups is 2. The smallest absolute Gasteiger partial charge is 0.270 e. The van der Waals surface area contributed by atoms with Crippen LogP contribution in [-0.2, 0) is 16.1 Å². The lowest BCUT2D eigenvalue weighted by atomic mass is 10.1. The molecule has 2 aliphatic rings. The molecule has 6 nitrogen and oxygen atoms in total. The van der Waals surface area contributed by atoms with Gasteiger partial charge in [-0.2, -0.15) is 5.10 Å². The molecule has 134 valence electrons. The lowest BCUT2D eigenvalue weighted by molar-refractivity contribution is -0.130. The van der Waals surface area contributed by atoms with Crippen molar-refractivity contribution in [1.82, 2.24) is 14.8 Å². The SMILES string of the molecule is CN1N=C(C(=O)N2CCCN(Cc3ccccc3F)CC2)CCC1=O. The average molecular weight is 346 g/mol. The topological polar surface area (TPSA) is 56.2 Å². The predicted molar refractivity (Wildman–Crippen MR) is 92.3 cm³/mol. The maximum absolute atomic E-state index is 13.8. The quantitative estimate of drug-likeness (QED) is 0.833. The van der Waals surface area contributed by atoms with Crippen molar-refractivity contribution in [3.05, 3.63) is 35.6 Å². The molecule has 2 amide bonds. The van der Waals surface area contributed by atoms with Crippen molar-refractivity contribution in [1.29, 1.82) is 0 Å². The maximum atomic E-state index is 13.8. The predicted octanol–water partition coefficient (Wildman–Crippen LogP) is 1.47. The minimum absolute atomic E-state index is 0.0662. The molecule has 0 aromatic heterocycles. The molecule has 1 aromatic rings. The van der Waals surface area contributed by atoms with Crippen LogP contribution in [0, 0.1) is 5.82 Å². The van der Waals surface area contributed by atoms with Crippen molar-refractivity contribution in [2.75, 3.05) is 33.2 Å². The fraction of sp³-hybridized carbons (Fsp3) is 0.500. The Balaban J connectivity index is 1.60. The van der Waals surface area contributed by atoms with Crippen LogP contribution in [0.3, 0.4) is 0 Å². The lowest BCUT2D eigenvalue weighted by Crippen LogP contribution is -2.42. The maximum Gasteiger partial charge on any atom is 0.270 e. The molecular weight excluding hydrogens is 323 g/mol. The highest BCUT2D eigenvalue weighted by Gasteiger charge is 2.27. The van der Waals surface area contributed by atoms with E-state index in [1.165, 1.54) is 11.1 Å². The zero-order valence-electron chi connectivity index (χ0n) is 14.4. The molecular formula is C18H23FN4O2. The van der Waals surface area contributed by atoms with E-state index in [2.05, 4.69) is 10.0 Å². The Bertz CT molecular complexity index is 691. The first kappa shape index (κ1) is 17.5. The third-order valence-corrected chi connectivity index (χ3v) is 4.68. The number of amides is 2. The second-order valence-electron chi connectivity index (χ2n) is 6.48. The molecule has 0 radical (unpaired) electrons. The molecule has 1 aromatic carbocycles. The summed E-state index contributed by atoms with van der Waals surface area (Å²) >= 11 is 0. The first-order chi connectivity index (χ1) is 12.0. The monoisotopic (exact) mass is 346 g/mol. The molecule has 0 spiro atoms. The van der Waals surface area contributed by atoms with Gasteiger partial charge in [-0.25, -0.2) is 9.40 Å². The standard InChI is InChI=1S/C18H23FN4O2/c1-21-17(24)8-7-16(20-21)18(25)23-10-4-9-22(11-12-23)13-14-5-2-3-6-15(14)19/h2-3,5-6H,4,7-13H2,1H3. The highest BCUT2D eigenvalue weighted by Crippen LogP contribution is 2.14. The van der Waals surface area contributed by atoms with Gasteiger partial charge >= 0.3 is 0 Å². The van der Waals surface area contributed by atoms with Crippen LogP contribution in [0.2, 0.25) is 0 Å².